The number of aromatic nitrogens is 2. The highest BCUT2D eigenvalue weighted by molar-refractivity contribution is 6.31. The van der Waals surface area contributed by atoms with Crippen LogP contribution in [0.3, 0.4) is 0 Å². The van der Waals surface area contributed by atoms with Crippen molar-refractivity contribution in [2.45, 2.75) is 20.8 Å². The Morgan fingerprint density at radius 2 is 1.78 bits per heavy atom. The van der Waals surface area contributed by atoms with E-state index in [9.17, 15) is 4.39 Å². The summed E-state index contributed by atoms with van der Waals surface area (Å²) in [6, 6.07) is 4.73. The van der Waals surface area contributed by atoms with Crippen LogP contribution >= 0.6 is 11.6 Å². The number of benzene rings is 1. The molecule has 3 nitrogen and oxygen atoms in total. The molecule has 0 saturated heterocycles. The fourth-order valence-electron chi connectivity index (χ4n) is 1.51. The molecule has 0 radical (unpaired) electrons. The van der Waals surface area contributed by atoms with Gasteiger partial charge in [0.2, 0.25) is 0 Å². The van der Waals surface area contributed by atoms with Gasteiger partial charge in [-0.2, -0.15) is 0 Å². The summed E-state index contributed by atoms with van der Waals surface area (Å²) >= 11 is 6.01. The van der Waals surface area contributed by atoms with E-state index in [0.29, 0.717) is 16.5 Å². The molecule has 0 unspecified atom stereocenters. The predicted octanol–water partition coefficient (Wildman–Crippen LogP) is 3.94. The van der Waals surface area contributed by atoms with Crippen LogP contribution in [0.1, 0.15) is 17.0 Å². The van der Waals surface area contributed by atoms with Crippen LogP contribution < -0.4 is 5.32 Å². The van der Waals surface area contributed by atoms with Crippen molar-refractivity contribution in [1.82, 2.24) is 9.97 Å². The van der Waals surface area contributed by atoms with Gasteiger partial charge in [-0.25, -0.2) is 14.4 Å². The van der Waals surface area contributed by atoms with Gasteiger partial charge in [0.1, 0.15) is 5.82 Å². The lowest BCUT2D eigenvalue weighted by Crippen LogP contribution is -2.01. The van der Waals surface area contributed by atoms with Gasteiger partial charge in [0, 0.05) is 5.69 Å². The molecule has 0 aliphatic rings. The molecule has 2 rings (SSSR count). The van der Waals surface area contributed by atoms with E-state index < -0.39 is 0 Å². The standard InChI is InChI=1S/C13H13ClFN3/c1-7-6-10(4-5-11(7)15)18-13-12(14)16-8(2)9(3)17-13/h4-6H,1-3H3,(H,17,18). The van der Waals surface area contributed by atoms with Crippen molar-refractivity contribution in [1.29, 1.82) is 0 Å². The van der Waals surface area contributed by atoms with Crippen molar-refractivity contribution in [2.75, 3.05) is 5.32 Å². The first-order chi connectivity index (χ1) is 8.47. The number of anilines is 2. The molecule has 0 saturated carbocycles. The minimum Gasteiger partial charge on any atom is -0.338 e. The molecule has 18 heavy (non-hydrogen) atoms. The maximum Gasteiger partial charge on any atom is 0.172 e. The third-order valence-electron chi connectivity index (χ3n) is 2.69. The van der Waals surface area contributed by atoms with Gasteiger partial charge in [-0.1, -0.05) is 11.6 Å². The molecule has 0 spiro atoms. The zero-order valence-corrected chi connectivity index (χ0v) is 11.1. The molecule has 1 aromatic heterocycles. The summed E-state index contributed by atoms with van der Waals surface area (Å²) in [6.07, 6.45) is 0. The normalized spacial score (nSPS) is 10.5. The minimum atomic E-state index is -0.238. The highest BCUT2D eigenvalue weighted by atomic mass is 35.5. The van der Waals surface area contributed by atoms with E-state index >= 15 is 0 Å². The lowest BCUT2D eigenvalue weighted by molar-refractivity contribution is 0.619. The summed E-state index contributed by atoms with van der Waals surface area (Å²) < 4.78 is 13.2. The Kier molecular flexibility index (Phi) is 3.48. The molecule has 0 aliphatic carbocycles. The molecule has 2 aromatic rings. The van der Waals surface area contributed by atoms with E-state index in [1.165, 1.54) is 6.07 Å². The average molecular weight is 266 g/mol. The third-order valence-corrected chi connectivity index (χ3v) is 2.95. The van der Waals surface area contributed by atoms with Crippen LogP contribution in [0, 0.1) is 26.6 Å². The van der Waals surface area contributed by atoms with Gasteiger partial charge in [0.15, 0.2) is 11.0 Å². The van der Waals surface area contributed by atoms with Gasteiger partial charge in [-0.15, -0.1) is 0 Å². The van der Waals surface area contributed by atoms with Gasteiger partial charge < -0.3 is 5.32 Å². The van der Waals surface area contributed by atoms with Crippen molar-refractivity contribution in [3.05, 3.63) is 46.1 Å². The first kappa shape index (κ1) is 12.8. The van der Waals surface area contributed by atoms with Crippen LogP contribution in [0.2, 0.25) is 5.15 Å². The maximum absolute atomic E-state index is 13.2. The van der Waals surface area contributed by atoms with Crippen molar-refractivity contribution in [3.8, 4) is 0 Å². The first-order valence-electron chi connectivity index (χ1n) is 5.51. The lowest BCUT2D eigenvalue weighted by atomic mass is 10.2. The summed E-state index contributed by atoms with van der Waals surface area (Å²) in [7, 11) is 0. The van der Waals surface area contributed by atoms with Gasteiger partial charge in [0.05, 0.1) is 11.4 Å². The molecular formula is C13H13ClFN3. The first-order valence-corrected chi connectivity index (χ1v) is 5.89. The number of nitrogens with zero attached hydrogens (tertiary/aromatic N) is 2. The van der Waals surface area contributed by atoms with Gasteiger partial charge >= 0.3 is 0 Å². The zero-order valence-electron chi connectivity index (χ0n) is 10.4. The van der Waals surface area contributed by atoms with Gasteiger partial charge in [0.25, 0.3) is 0 Å². The Bertz CT molecular complexity index is 599. The SMILES string of the molecule is Cc1cc(Nc2nc(C)c(C)nc2Cl)ccc1F. The molecule has 94 valence electrons. The number of halogens is 2. The highest BCUT2D eigenvalue weighted by Crippen LogP contribution is 2.23. The molecule has 0 atom stereocenters. The van der Waals surface area contributed by atoms with Gasteiger partial charge in [-0.05, 0) is 44.5 Å². The molecule has 0 bridgehead atoms. The fourth-order valence-corrected chi connectivity index (χ4v) is 1.73. The summed E-state index contributed by atoms with van der Waals surface area (Å²) in [5, 5.41) is 3.34. The second-order valence-corrected chi connectivity index (χ2v) is 4.48. The Morgan fingerprint density at radius 3 is 2.44 bits per heavy atom. The highest BCUT2D eigenvalue weighted by Gasteiger charge is 2.08. The van der Waals surface area contributed by atoms with E-state index in [-0.39, 0.29) is 5.82 Å². The topological polar surface area (TPSA) is 37.8 Å². The molecule has 1 heterocycles. The summed E-state index contributed by atoms with van der Waals surface area (Å²) in [6.45, 7) is 5.41. The quantitative estimate of drug-likeness (QED) is 0.894. The second kappa shape index (κ2) is 4.90. The maximum atomic E-state index is 13.2. The Balaban J connectivity index is 2.34. The molecular weight excluding hydrogens is 253 g/mol. The zero-order chi connectivity index (χ0) is 13.3. The van der Waals surface area contributed by atoms with Gasteiger partial charge in [-0.3, -0.25) is 0 Å². The number of aryl methyl sites for hydroxylation is 3. The average Bonchev–Trinajstić information content (AvgIpc) is 2.31. The molecule has 5 heteroatoms. The van der Waals surface area contributed by atoms with Crippen molar-refractivity contribution < 1.29 is 4.39 Å². The minimum absolute atomic E-state index is 0.238. The van der Waals surface area contributed by atoms with Crippen LogP contribution in [0.15, 0.2) is 18.2 Å². The van der Waals surface area contributed by atoms with E-state index in [2.05, 4.69) is 15.3 Å². The van der Waals surface area contributed by atoms with E-state index in [1.807, 2.05) is 13.8 Å². The molecule has 1 aromatic carbocycles. The van der Waals surface area contributed by atoms with E-state index in [1.54, 1.807) is 19.1 Å². The van der Waals surface area contributed by atoms with E-state index in [0.717, 1.165) is 17.1 Å². The largest absolute Gasteiger partial charge is 0.338 e. The molecule has 1 N–H and O–H groups in total. The number of nitrogens with one attached hydrogen (secondary N) is 1. The number of hydrogen-bond acceptors (Lipinski definition) is 3. The molecule has 0 aliphatic heterocycles. The number of hydrogen-bond donors (Lipinski definition) is 1. The Morgan fingerprint density at radius 1 is 1.11 bits per heavy atom. The van der Waals surface area contributed by atoms with Crippen LogP contribution in [0.5, 0.6) is 0 Å². The van der Waals surface area contributed by atoms with E-state index in [4.69, 9.17) is 11.6 Å². The predicted molar refractivity (Wildman–Crippen MR) is 70.9 cm³/mol. The molecule has 0 fully saturated rings. The third kappa shape index (κ3) is 2.59. The van der Waals surface area contributed by atoms with Crippen molar-refractivity contribution >= 4 is 23.1 Å². The van der Waals surface area contributed by atoms with Crippen LogP contribution in [-0.4, -0.2) is 9.97 Å². The van der Waals surface area contributed by atoms with Crippen molar-refractivity contribution in [3.63, 3.8) is 0 Å². The fraction of sp³-hybridized carbons (Fsp3) is 0.231. The van der Waals surface area contributed by atoms with Crippen LogP contribution in [0.25, 0.3) is 0 Å². The molecule has 0 amide bonds. The monoisotopic (exact) mass is 265 g/mol. The van der Waals surface area contributed by atoms with Crippen LogP contribution in [0.4, 0.5) is 15.9 Å². The number of rotatable bonds is 2. The smallest absolute Gasteiger partial charge is 0.172 e. The summed E-state index contributed by atoms with van der Waals surface area (Å²) in [4.78, 5) is 8.50. The summed E-state index contributed by atoms with van der Waals surface area (Å²) in [5.74, 6) is 0.239. The van der Waals surface area contributed by atoms with Crippen LogP contribution in [-0.2, 0) is 0 Å². The Hall–Kier alpha value is -1.68. The second-order valence-electron chi connectivity index (χ2n) is 4.12. The Labute approximate surface area is 110 Å². The summed E-state index contributed by atoms with van der Waals surface area (Å²) in [5.41, 5.74) is 2.89. The van der Waals surface area contributed by atoms with Crippen molar-refractivity contribution in [2.24, 2.45) is 0 Å². The lowest BCUT2D eigenvalue weighted by Gasteiger charge is -2.10.